The summed E-state index contributed by atoms with van der Waals surface area (Å²) in [6.45, 7) is 0. The molecule has 1 aromatic heterocycles. The van der Waals surface area contributed by atoms with E-state index < -0.39 is 0 Å². The van der Waals surface area contributed by atoms with Crippen molar-refractivity contribution in [3.05, 3.63) is 59.4 Å². The van der Waals surface area contributed by atoms with Gasteiger partial charge in [0.05, 0.1) is 0 Å². The number of benzene rings is 2. The minimum absolute atomic E-state index is 0.882. The van der Waals surface area contributed by atoms with Crippen molar-refractivity contribution in [3.8, 4) is 5.69 Å². The van der Waals surface area contributed by atoms with E-state index in [1.165, 1.54) is 0 Å². The Balaban J connectivity index is 2.29. The summed E-state index contributed by atoms with van der Waals surface area (Å²) in [5.41, 5.74) is 3.03. The average Bonchev–Trinajstić information content (AvgIpc) is 2.73. The zero-order valence-electron chi connectivity index (χ0n) is 8.43. The van der Waals surface area contributed by atoms with Crippen LogP contribution < -0.4 is 4.57 Å². The smallest absolute Gasteiger partial charge is 0.341 e. The van der Waals surface area contributed by atoms with Crippen molar-refractivity contribution in [2.45, 2.75) is 0 Å². The molecule has 78 valence electrons. The molecule has 2 nitrogen and oxygen atoms in total. The molecule has 0 N–H and O–H groups in total. The number of hydrogen-bond donors (Lipinski definition) is 0. The molecule has 0 radical (unpaired) electrons. The molecule has 0 bridgehead atoms. The fourth-order valence-corrected chi connectivity index (χ4v) is 2.08. The Hall–Kier alpha value is -1.61. The van der Waals surface area contributed by atoms with Gasteiger partial charge in [0.15, 0.2) is 0 Å². The minimum Gasteiger partial charge on any atom is -0.403 e. The molecule has 0 saturated carbocycles. The van der Waals surface area contributed by atoms with Crippen LogP contribution in [0.4, 0.5) is 0 Å². The zero-order chi connectivity index (χ0) is 11.0. The number of aromatic nitrogens is 1. The van der Waals surface area contributed by atoms with E-state index in [-0.39, 0.29) is 0 Å². The molecule has 0 amide bonds. The Kier molecular flexibility index (Phi) is 2.26. The quantitative estimate of drug-likeness (QED) is 0.621. The first kappa shape index (κ1) is 9.60. The van der Waals surface area contributed by atoms with E-state index in [4.69, 9.17) is 4.42 Å². The summed E-state index contributed by atoms with van der Waals surface area (Å²) in [5.74, 6) is 0. The summed E-state index contributed by atoms with van der Waals surface area (Å²) in [7, 11) is 0. The van der Waals surface area contributed by atoms with E-state index in [1.54, 1.807) is 6.39 Å². The Bertz CT molecular complexity index is 631. The van der Waals surface area contributed by atoms with E-state index in [1.807, 2.05) is 41.0 Å². The van der Waals surface area contributed by atoms with Gasteiger partial charge in [-0.2, -0.15) is 0 Å². The molecule has 2 aromatic carbocycles. The highest BCUT2D eigenvalue weighted by atomic mass is 79.9. The van der Waals surface area contributed by atoms with Crippen LogP contribution in [-0.4, -0.2) is 0 Å². The van der Waals surface area contributed by atoms with Gasteiger partial charge in [0.25, 0.3) is 5.52 Å². The van der Waals surface area contributed by atoms with E-state index in [0.717, 1.165) is 21.3 Å². The lowest BCUT2D eigenvalue weighted by Crippen LogP contribution is -2.27. The molecular weight excluding hydrogens is 266 g/mol. The topological polar surface area (TPSA) is 17.0 Å². The molecule has 0 atom stereocenters. The van der Waals surface area contributed by atoms with Crippen LogP contribution in [0.1, 0.15) is 0 Å². The highest BCUT2D eigenvalue weighted by Gasteiger charge is 2.15. The first-order valence-electron chi connectivity index (χ1n) is 4.98. The SMILES string of the molecule is Brc1ccc2oc[n+](-c3ccccc3)c2c1. The fourth-order valence-electron chi connectivity index (χ4n) is 1.73. The molecule has 16 heavy (non-hydrogen) atoms. The Morgan fingerprint density at radius 3 is 2.62 bits per heavy atom. The second-order valence-electron chi connectivity index (χ2n) is 3.54. The third-order valence-electron chi connectivity index (χ3n) is 2.50. The maximum Gasteiger partial charge on any atom is 0.341 e. The molecule has 3 aromatic rings. The van der Waals surface area contributed by atoms with Crippen LogP contribution in [0.2, 0.25) is 0 Å². The first-order chi connectivity index (χ1) is 7.84. The third kappa shape index (κ3) is 1.53. The molecule has 3 heteroatoms. The minimum atomic E-state index is 0.882. The normalized spacial score (nSPS) is 10.8. The van der Waals surface area contributed by atoms with Gasteiger partial charge in [-0.1, -0.05) is 34.1 Å². The van der Waals surface area contributed by atoms with Gasteiger partial charge in [-0.25, -0.2) is 0 Å². The number of fused-ring (bicyclic) bond motifs is 1. The second-order valence-corrected chi connectivity index (χ2v) is 4.46. The van der Waals surface area contributed by atoms with Crippen molar-refractivity contribution in [1.29, 1.82) is 0 Å². The van der Waals surface area contributed by atoms with Gasteiger partial charge in [0, 0.05) is 22.7 Å². The summed E-state index contributed by atoms with van der Waals surface area (Å²) in [6, 6.07) is 16.1. The van der Waals surface area contributed by atoms with Crippen molar-refractivity contribution in [3.63, 3.8) is 0 Å². The molecule has 0 spiro atoms. The lowest BCUT2D eigenvalue weighted by Gasteiger charge is -1.91. The Morgan fingerprint density at radius 1 is 1.00 bits per heavy atom. The highest BCUT2D eigenvalue weighted by molar-refractivity contribution is 9.10. The Morgan fingerprint density at radius 2 is 1.81 bits per heavy atom. The largest absolute Gasteiger partial charge is 0.403 e. The van der Waals surface area contributed by atoms with Crippen LogP contribution >= 0.6 is 15.9 Å². The van der Waals surface area contributed by atoms with Crippen molar-refractivity contribution in [2.24, 2.45) is 0 Å². The van der Waals surface area contributed by atoms with Gasteiger partial charge < -0.3 is 4.42 Å². The number of oxazole rings is 1. The van der Waals surface area contributed by atoms with Crippen LogP contribution in [0.25, 0.3) is 16.8 Å². The maximum atomic E-state index is 5.50. The molecule has 3 rings (SSSR count). The van der Waals surface area contributed by atoms with Crippen molar-refractivity contribution in [1.82, 2.24) is 0 Å². The average molecular weight is 275 g/mol. The molecule has 1 heterocycles. The van der Waals surface area contributed by atoms with E-state index in [9.17, 15) is 0 Å². The standard InChI is InChI=1S/C13H9BrNO/c14-10-6-7-13-12(8-10)15(9-16-13)11-4-2-1-3-5-11/h1-9H/q+1. The number of hydrogen-bond acceptors (Lipinski definition) is 1. The van der Waals surface area contributed by atoms with Crippen molar-refractivity contribution >= 4 is 27.0 Å². The Labute approximate surface area is 101 Å². The van der Waals surface area contributed by atoms with Gasteiger partial charge in [0.1, 0.15) is 0 Å². The zero-order valence-corrected chi connectivity index (χ0v) is 10.0. The highest BCUT2D eigenvalue weighted by Crippen LogP contribution is 2.18. The summed E-state index contributed by atoms with van der Waals surface area (Å²) in [6.07, 6.45) is 1.73. The van der Waals surface area contributed by atoms with Crippen LogP contribution in [0.5, 0.6) is 0 Å². The van der Waals surface area contributed by atoms with Crippen LogP contribution in [0, 0.1) is 0 Å². The summed E-state index contributed by atoms with van der Waals surface area (Å²) in [5, 5.41) is 0. The maximum absolute atomic E-state index is 5.50. The lowest BCUT2D eigenvalue weighted by molar-refractivity contribution is -0.573. The summed E-state index contributed by atoms with van der Waals surface area (Å²) in [4.78, 5) is 0. The van der Waals surface area contributed by atoms with Crippen LogP contribution in [-0.2, 0) is 0 Å². The number of nitrogens with zero attached hydrogens (tertiary/aromatic N) is 1. The summed E-state index contributed by atoms with van der Waals surface area (Å²) < 4.78 is 8.58. The van der Waals surface area contributed by atoms with Gasteiger partial charge in [-0.15, -0.1) is 4.57 Å². The molecule has 0 saturated heterocycles. The molecule has 0 aliphatic heterocycles. The second kappa shape index (κ2) is 3.76. The van der Waals surface area contributed by atoms with E-state index in [0.29, 0.717) is 0 Å². The van der Waals surface area contributed by atoms with Gasteiger partial charge in [0.2, 0.25) is 11.3 Å². The summed E-state index contributed by atoms with van der Waals surface area (Å²) >= 11 is 3.47. The first-order valence-corrected chi connectivity index (χ1v) is 5.78. The fraction of sp³-hybridized carbons (Fsp3) is 0. The van der Waals surface area contributed by atoms with E-state index in [2.05, 4.69) is 28.1 Å². The number of para-hydroxylation sites is 1. The molecule has 0 aliphatic rings. The van der Waals surface area contributed by atoms with E-state index >= 15 is 0 Å². The van der Waals surface area contributed by atoms with Crippen molar-refractivity contribution in [2.75, 3.05) is 0 Å². The number of rotatable bonds is 1. The van der Waals surface area contributed by atoms with Crippen molar-refractivity contribution < 1.29 is 8.98 Å². The van der Waals surface area contributed by atoms with Crippen LogP contribution in [0.15, 0.2) is 63.8 Å². The molecule has 0 aliphatic carbocycles. The lowest BCUT2D eigenvalue weighted by atomic mass is 10.3. The molecular formula is C13H9BrNO+. The third-order valence-corrected chi connectivity index (χ3v) is 2.99. The van der Waals surface area contributed by atoms with Gasteiger partial charge >= 0.3 is 6.39 Å². The van der Waals surface area contributed by atoms with Gasteiger partial charge in [-0.05, 0) is 12.1 Å². The predicted octanol–water partition coefficient (Wildman–Crippen LogP) is 3.47. The monoisotopic (exact) mass is 274 g/mol. The molecule has 0 unspecified atom stereocenters. The van der Waals surface area contributed by atoms with Crippen LogP contribution in [0.3, 0.4) is 0 Å². The molecule has 0 fully saturated rings. The predicted molar refractivity (Wildman–Crippen MR) is 65.4 cm³/mol. The number of halogens is 1. The van der Waals surface area contributed by atoms with Gasteiger partial charge in [-0.3, -0.25) is 0 Å².